The molecular formula is C15H20ClNO2. The predicted octanol–water partition coefficient (Wildman–Crippen LogP) is 2.85. The molecule has 0 amide bonds. The van der Waals surface area contributed by atoms with Crippen LogP contribution in [0.5, 0.6) is 5.75 Å². The maximum Gasteiger partial charge on any atom is 0.137 e. The Balaban J connectivity index is 1.95. The molecule has 0 saturated carbocycles. The lowest BCUT2D eigenvalue weighted by molar-refractivity contribution is -0.119. The van der Waals surface area contributed by atoms with E-state index in [0.29, 0.717) is 23.8 Å². The van der Waals surface area contributed by atoms with Crippen molar-refractivity contribution in [1.29, 1.82) is 0 Å². The first-order chi connectivity index (χ1) is 9.19. The highest BCUT2D eigenvalue weighted by atomic mass is 35.5. The Hall–Kier alpha value is -1.06. The summed E-state index contributed by atoms with van der Waals surface area (Å²) in [5.74, 6) is 1.54. The fraction of sp³-hybridized carbons (Fsp3) is 0.533. The summed E-state index contributed by atoms with van der Waals surface area (Å²) in [7, 11) is 1.62. The van der Waals surface area contributed by atoms with Gasteiger partial charge in [0.05, 0.1) is 7.11 Å². The number of carbonyl (C=O) groups excluding carboxylic acids is 1. The van der Waals surface area contributed by atoms with Gasteiger partial charge >= 0.3 is 0 Å². The van der Waals surface area contributed by atoms with Crippen molar-refractivity contribution < 1.29 is 9.53 Å². The van der Waals surface area contributed by atoms with Gasteiger partial charge in [0.15, 0.2) is 0 Å². The fourth-order valence-electron chi connectivity index (χ4n) is 2.58. The number of halogens is 1. The van der Waals surface area contributed by atoms with Crippen LogP contribution in [-0.2, 0) is 11.2 Å². The summed E-state index contributed by atoms with van der Waals surface area (Å²) < 4.78 is 5.27. The molecule has 1 aromatic rings. The Morgan fingerprint density at radius 3 is 2.84 bits per heavy atom. The van der Waals surface area contributed by atoms with Crippen LogP contribution >= 0.6 is 11.6 Å². The van der Waals surface area contributed by atoms with Crippen molar-refractivity contribution in [2.45, 2.75) is 25.7 Å². The largest absolute Gasteiger partial charge is 0.496 e. The highest BCUT2D eigenvalue weighted by Crippen LogP contribution is 2.25. The molecule has 0 unspecified atom stereocenters. The van der Waals surface area contributed by atoms with E-state index in [2.05, 4.69) is 5.32 Å². The lowest BCUT2D eigenvalue weighted by Gasteiger charge is -2.21. The summed E-state index contributed by atoms with van der Waals surface area (Å²) in [6.45, 7) is 2.05. The second-order valence-corrected chi connectivity index (χ2v) is 5.51. The summed E-state index contributed by atoms with van der Waals surface area (Å²) in [5.41, 5.74) is 0.883. The minimum absolute atomic E-state index is 0.271. The molecule has 0 aliphatic carbocycles. The Kier molecular flexibility index (Phi) is 5.23. The number of Topliss-reactive ketones (excluding diaryl/α,β-unsaturated/α-hetero) is 1. The van der Waals surface area contributed by atoms with Gasteiger partial charge in [-0.3, -0.25) is 4.79 Å². The second kappa shape index (κ2) is 6.92. The van der Waals surface area contributed by atoms with Gasteiger partial charge in [0, 0.05) is 23.4 Å². The summed E-state index contributed by atoms with van der Waals surface area (Å²) in [6, 6.07) is 5.41. The first-order valence-corrected chi connectivity index (χ1v) is 7.11. The van der Waals surface area contributed by atoms with Crippen molar-refractivity contribution in [2.24, 2.45) is 5.92 Å². The highest BCUT2D eigenvalue weighted by molar-refractivity contribution is 6.30. The van der Waals surface area contributed by atoms with Gasteiger partial charge in [-0.15, -0.1) is 0 Å². The number of ketones is 1. The van der Waals surface area contributed by atoms with E-state index in [1.165, 1.54) is 0 Å². The number of rotatable bonds is 5. The smallest absolute Gasteiger partial charge is 0.137 e. The summed E-state index contributed by atoms with van der Waals surface area (Å²) in [4.78, 5) is 12.1. The topological polar surface area (TPSA) is 38.3 Å². The number of hydrogen-bond donors (Lipinski definition) is 1. The van der Waals surface area contributed by atoms with Crippen molar-refractivity contribution in [3.05, 3.63) is 28.8 Å². The predicted molar refractivity (Wildman–Crippen MR) is 76.9 cm³/mol. The molecule has 0 aromatic heterocycles. The zero-order valence-electron chi connectivity index (χ0n) is 11.2. The van der Waals surface area contributed by atoms with Crippen molar-refractivity contribution in [1.82, 2.24) is 5.32 Å². The van der Waals surface area contributed by atoms with Crippen LogP contribution in [0.2, 0.25) is 5.02 Å². The summed E-state index contributed by atoms with van der Waals surface area (Å²) >= 11 is 5.97. The standard InChI is InChI=1S/C15H20ClNO2/c1-19-15-3-2-13(16)9-12(15)10-14(18)8-11-4-6-17-7-5-11/h2-3,9,11,17H,4-8,10H2,1H3. The zero-order valence-corrected chi connectivity index (χ0v) is 12.0. The number of methoxy groups -OCH3 is 1. The lowest BCUT2D eigenvalue weighted by Crippen LogP contribution is -2.29. The molecule has 0 bridgehead atoms. The molecule has 1 aliphatic heterocycles. The monoisotopic (exact) mass is 281 g/mol. The minimum Gasteiger partial charge on any atom is -0.496 e. The van der Waals surface area contributed by atoms with E-state index < -0.39 is 0 Å². The second-order valence-electron chi connectivity index (χ2n) is 5.07. The summed E-state index contributed by atoms with van der Waals surface area (Å²) in [5, 5.41) is 3.96. The molecule has 104 valence electrons. The molecule has 1 saturated heterocycles. The number of carbonyl (C=O) groups is 1. The number of nitrogens with one attached hydrogen (secondary N) is 1. The maximum atomic E-state index is 12.1. The van der Waals surface area contributed by atoms with Crippen LogP contribution in [0.3, 0.4) is 0 Å². The van der Waals surface area contributed by atoms with Gasteiger partial charge < -0.3 is 10.1 Å². The minimum atomic E-state index is 0.271. The molecule has 4 heteroatoms. The Bertz CT molecular complexity index is 442. The molecular weight excluding hydrogens is 262 g/mol. The molecule has 1 heterocycles. The van der Waals surface area contributed by atoms with E-state index in [0.717, 1.165) is 37.2 Å². The van der Waals surface area contributed by atoms with Crippen molar-refractivity contribution in [2.75, 3.05) is 20.2 Å². The number of benzene rings is 1. The maximum absolute atomic E-state index is 12.1. The van der Waals surface area contributed by atoms with Gasteiger partial charge in [0.1, 0.15) is 11.5 Å². The van der Waals surface area contributed by atoms with Crippen LogP contribution in [-0.4, -0.2) is 26.0 Å². The molecule has 0 spiro atoms. The average molecular weight is 282 g/mol. The zero-order chi connectivity index (χ0) is 13.7. The average Bonchev–Trinajstić information content (AvgIpc) is 2.40. The fourth-order valence-corrected chi connectivity index (χ4v) is 2.77. The van der Waals surface area contributed by atoms with Crippen LogP contribution in [0.15, 0.2) is 18.2 Å². The van der Waals surface area contributed by atoms with Crippen LogP contribution in [0.4, 0.5) is 0 Å². The van der Waals surface area contributed by atoms with Gasteiger partial charge in [-0.1, -0.05) is 11.6 Å². The summed E-state index contributed by atoms with van der Waals surface area (Å²) in [6.07, 6.45) is 3.27. The Morgan fingerprint density at radius 1 is 1.42 bits per heavy atom. The third-order valence-electron chi connectivity index (χ3n) is 3.61. The molecule has 1 fully saturated rings. The third-order valence-corrected chi connectivity index (χ3v) is 3.84. The van der Waals surface area contributed by atoms with Crippen molar-refractivity contribution in [3.63, 3.8) is 0 Å². The van der Waals surface area contributed by atoms with Crippen LogP contribution in [0, 0.1) is 5.92 Å². The van der Waals surface area contributed by atoms with E-state index in [1.54, 1.807) is 13.2 Å². The molecule has 1 aromatic carbocycles. The Morgan fingerprint density at radius 2 is 2.16 bits per heavy atom. The van der Waals surface area contributed by atoms with Crippen LogP contribution < -0.4 is 10.1 Å². The number of piperidine rings is 1. The lowest BCUT2D eigenvalue weighted by atomic mass is 9.91. The van der Waals surface area contributed by atoms with Gasteiger partial charge in [0.25, 0.3) is 0 Å². The van der Waals surface area contributed by atoms with Crippen molar-refractivity contribution >= 4 is 17.4 Å². The molecule has 3 nitrogen and oxygen atoms in total. The molecule has 1 aliphatic rings. The molecule has 2 rings (SSSR count). The first-order valence-electron chi connectivity index (χ1n) is 6.74. The number of ether oxygens (including phenoxy) is 1. The molecule has 0 atom stereocenters. The molecule has 19 heavy (non-hydrogen) atoms. The Labute approximate surface area is 119 Å². The molecule has 1 N–H and O–H groups in total. The highest BCUT2D eigenvalue weighted by Gasteiger charge is 2.18. The van der Waals surface area contributed by atoms with Gasteiger partial charge in [0.2, 0.25) is 0 Å². The van der Waals surface area contributed by atoms with E-state index in [9.17, 15) is 4.79 Å². The van der Waals surface area contributed by atoms with Gasteiger partial charge in [-0.25, -0.2) is 0 Å². The number of hydrogen-bond acceptors (Lipinski definition) is 3. The van der Waals surface area contributed by atoms with Crippen molar-refractivity contribution in [3.8, 4) is 5.75 Å². The van der Waals surface area contributed by atoms with E-state index in [1.807, 2.05) is 12.1 Å². The van der Waals surface area contributed by atoms with Gasteiger partial charge in [-0.2, -0.15) is 0 Å². The molecule has 0 radical (unpaired) electrons. The SMILES string of the molecule is COc1ccc(Cl)cc1CC(=O)CC1CCNCC1. The third kappa shape index (κ3) is 4.22. The van der Waals surface area contributed by atoms with Crippen LogP contribution in [0.25, 0.3) is 0 Å². The van der Waals surface area contributed by atoms with Crippen LogP contribution in [0.1, 0.15) is 24.8 Å². The van der Waals surface area contributed by atoms with E-state index >= 15 is 0 Å². The van der Waals surface area contributed by atoms with Gasteiger partial charge in [-0.05, 0) is 50.0 Å². The first kappa shape index (κ1) is 14.4. The van der Waals surface area contributed by atoms with E-state index in [4.69, 9.17) is 16.3 Å². The van der Waals surface area contributed by atoms with E-state index in [-0.39, 0.29) is 5.78 Å². The normalized spacial score (nSPS) is 16.3. The quantitative estimate of drug-likeness (QED) is 0.902.